The molecule has 2 aromatic heterocycles. The molecule has 3 fully saturated rings. The fraction of sp³-hybridized carbons (Fsp3) is 0.478. The Morgan fingerprint density at radius 3 is 2.79 bits per heavy atom. The Morgan fingerprint density at radius 1 is 1.21 bits per heavy atom. The van der Waals surface area contributed by atoms with E-state index in [1.54, 1.807) is 12.4 Å². The third kappa shape index (κ3) is 3.58. The second-order valence-corrected chi connectivity index (χ2v) is 9.61. The topological polar surface area (TPSA) is 128 Å². The molecule has 2 saturated carbocycles. The molecule has 1 saturated heterocycles. The lowest BCUT2D eigenvalue weighted by molar-refractivity contribution is -0.125. The van der Waals surface area contributed by atoms with Crippen molar-refractivity contribution >= 4 is 28.6 Å². The number of nitrogens with two attached hydrogens (primary N) is 2. The Balaban J connectivity index is 1.37. The number of nitrogen functional groups attached to an aromatic ring is 1. The van der Waals surface area contributed by atoms with E-state index in [9.17, 15) is 4.79 Å². The largest absolute Gasteiger partial charge is 0.382 e. The molecule has 10 heteroatoms. The van der Waals surface area contributed by atoms with Gasteiger partial charge in [-0.3, -0.25) is 4.79 Å². The second-order valence-electron chi connectivity index (χ2n) is 9.61. The molecule has 3 heterocycles. The molecule has 0 bridgehead atoms. The maximum atomic E-state index is 15.1. The van der Waals surface area contributed by atoms with Crippen molar-refractivity contribution in [2.75, 3.05) is 23.7 Å². The van der Waals surface area contributed by atoms with Crippen LogP contribution in [-0.4, -0.2) is 50.1 Å². The van der Waals surface area contributed by atoms with Crippen LogP contribution in [0.1, 0.15) is 49.1 Å². The summed E-state index contributed by atoms with van der Waals surface area (Å²) >= 11 is 0. The highest BCUT2D eigenvalue weighted by Gasteiger charge is 2.44. The SMILES string of the molecule is Nc1ncnc2c1ncn2Cc1c(N2CCC(N)(C(=O)NC3CC3)C2)ccc(F)c1C1CC1. The summed E-state index contributed by atoms with van der Waals surface area (Å²) in [4.78, 5) is 27.6. The van der Waals surface area contributed by atoms with Crippen molar-refractivity contribution in [3.63, 3.8) is 0 Å². The van der Waals surface area contributed by atoms with Crippen LogP contribution in [0.15, 0.2) is 24.8 Å². The summed E-state index contributed by atoms with van der Waals surface area (Å²) in [6.07, 6.45) is 7.61. The zero-order chi connectivity index (χ0) is 22.7. The first-order valence-electron chi connectivity index (χ1n) is 11.5. The molecule has 0 spiro atoms. The standard InChI is InChI=1S/C23H27FN8O/c24-16-5-6-17(31-8-7-23(26,10-31)22(33)30-14-3-4-14)15(18(16)13-1-2-13)9-32-12-29-19-20(25)27-11-28-21(19)32/h5-6,11-14H,1-4,7-10,26H2,(H,30,33)(H2,25,27,28). The first-order chi connectivity index (χ1) is 15.9. The molecule has 1 unspecified atom stereocenters. The first kappa shape index (κ1) is 20.3. The molecule has 5 N–H and O–H groups in total. The Bertz CT molecular complexity index is 1250. The molecule has 1 amide bonds. The molecule has 0 radical (unpaired) electrons. The summed E-state index contributed by atoms with van der Waals surface area (Å²) in [6, 6.07) is 3.61. The van der Waals surface area contributed by atoms with Crippen molar-refractivity contribution in [3.8, 4) is 0 Å². The molecule has 3 aliphatic rings. The summed E-state index contributed by atoms with van der Waals surface area (Å²) in [6.45, 7) is 1.43. The maximum absolute atomic E-state index is 15.1. The zero-order valence-electron chi connectivity index (χ0n) is 18.3. The molecular weight excluding hydrogens is 423 g/mol. The highest BCUT2D eigenvalue weighted by Crippen LogP contribution is 2.46. The predicted octanol–water partition coefficient (Wildman–Crippen LogP) is 1.66. The van der Waals surface area contributed by atoms with E-state index in [4.69, 9.17) is 11.5 Å². The number of hydrogen-bond donors (Lipinski definition) is 3. The summed E-state index contributed by atoms with van der Waals surface area (Å²) in [5.74, 6) is 0.235. The molecule has 172 valence electrons. The van der Waals surface area contributed by atoms with E-state index in [1.807, 2.05) is 10.6 Å². The molecular formula is C23H27FN8O. The van der Waals surface area contributed by atoms with Gasteiger partial charge in [0.05, 0.1) is 12.9 Å². The molecule has 1 atom stereocenters. The number of halogens is 1. The van der Waals surface area contributed by atoms with Gasteiger partial charge in [-0.05, 0) is 55.7 Å². The highest BCUT2D eigenvalue weighted by atomic mass is 19.1. The third-order valence-corrected chi connectivity index (χ3v) is 7.03. The number of rotatable bonds is 6. The van der Waals surface area contributed by atoms with Gasteiger partial charge in [-0.25, -0.2) is 19.3 Å². The Morgan fingerprint density at radius 2 is 2.03 bits per heavy atom. The number of fused-ring (bicyclic) bond motifs is 1. The van der Waals surface area contributed by atoms with E-state index in [2.05, 4.69) is 25.2 Å². The van der Waals surface area contributed by atoms with Gasteiger partial charge in [-0.1, -0.05) is 0 Å². The minimum Gasteiger partial charge on any atom is -0.382 e. The van der Waals surface area contributed by atoms with Crippen molar-refractivity contribution in [2.45, 2.75) is 56.1 Å². The quantitative estimate of drug-likeness (QED) is 0.521. The smallest absolute Gasteiger partial charge is 0.242 e. The third-order valence-electron chi connectivity index (χ3n) is 7.03. The van der Waals surface area contributed by atoms with Crippen molar-refractivity contribution in [3.05, 3.63) is 41.7 Å². The van der Waals surface area contributed by atoms with Gasteiger partial charge in [0.2, 0.25) is 5.91 Å². The monoisotopic (exact) mass is 450 g/mol. The number of anilines is 2. The molecule has 2 aliphatic carbocycles. The van der Waals surface area contributed by atoms with E-state index in [0.717, 1.165) is 42.5 Å². The highest BCUT2D eigenvalue weighted by molar-refractivity contribution is 5.88. The number of imidazole rings is 1. The van der Waals surface area contributed by atoms with Gasteiger partial charge in [-0.2, -0.15) is 0 Å². The Labute approximate surface area is 190 Å². The molecule has 1 aromatic carbocycles. The van der Waals surface area contributed by atoms with Gasteiger partial charge >= 0.3 is 0 Å². The molecule has 6 rings (SSSR count). The fourth-order valence-electron chi connectivity index (χ4n) is 4.87. The first-order valence-corrected chi connectivity index (χ1v) is 11.5. The van der Waals surface area contributed by atoms with Crippen LogP contribution >= 0.6 is 0 Å². The number of hydrogen-bond acceptors (Lipinski definition) is 7. The van der Waals surface area contributed by atoms with Crippen molar-refractivity contribution in [2.24, 2.45) is 5.73 Å². The number of carbonyl (C=O) groups excluding carboxylic acids is 1. The van der Waals surface area contributed by atoms with Crippen molar-refractivity contribution < 1.29 is 9.18 Å². The lowest BCUT2D eigenvalue weighted by Gasteiger charge is -2.27. The van der Waals surface area contributed by atoms with Gasteiger partial charge in [0.1, 0.15) is 23.2 Å². The Hall–Kier alpha value is -3.27. The summed E-state index contributed by atoms with van der Waals surface area (Å²) in [7, 11) is 0. The van der Waals surface area contributed by atoms with Crippen molar-refractivity contribution in [1.29, 1.82) is 0 Å². The minimum atomic E-state index is -0.947. The predicted molar refractivity (Wildman–Crippen MR) is 122 cm³/mol. The number of benzene rings is 1. The normalized spacial score (nSPS) is 22.8. The van der Waals surface area contributed by atoms with Crippen LogP contribution < -0.4 is 21.7 Å². The van der Waals surface area contributed by atoms with E-state index >= 15 is 4.39 Å². The van der Waals surface area contributed by atoms with Crippen LogP contribution in [0.5, 0.6) is 0 Å². The second kappa shape index (κ2) is 7.38. The molecule has 33 heavy (non-hydrogen) atoms. The summed E-state index contributed by atoms with van der Waals surface area (Å²) in [5, 5.41) is 3.04. The number of nitrogens with one attached hydrogen (secondary N) is 1. The molecule has 9 nitrogen and oxygen atoms in total. The number of nitrogens with zero attached hydrogens (tertiary/aromatic N) is 5. The Kier molecular flexibility index (Phi) is 4.55. The van der Waals surface area contributed by atoms with Gasteiger partial charge in [0.25, 0.3) is 0 Å². The lowest BCUT2D eigenvalue weighted by atomic mass is 9.98. The van der Waals surface area contributed by atoms with Crippen LogP contribution in [0.25, 0.3) is 11.2 Å². The summed E-state index contributed by atoms with van der Waals surface area (Å²) < 4.78 is 16.9. The fourth-order valence-corrected chi connectivity index (χ4v) is 4.87. The summed E-state index contributed by atoms with van der Waals surface area (Å²) in [5.41, 5.74) is 15.2. The molecule has 1 aliphatic heterocycles. The van der Waals surface area contributed by atoms with Gasteiger partial charge in [0, 0.05) is 30.4 Å². The van der Waals surface area contributed by atoms with Gasteiger partial charge in [0.15, 0.2) is 11.5 Å². The van der Waals surface area contributed by atoms with E-state index in [0.29, 0.717) is 43.0 Å². The van der Waals surface area contributed by atoms with Crippen LogP contribution in [0.4, 0.5) is 15.9 Å². The maximum Gasteiger partial charge on any atom is 0.242 e. The van der Waals surface area contributed by atoms with Crippen LogP contribution in [0.3, 0.4) is 0 Å². The van der Waals surface area contributed by atoms with E-state index < -0.39 is 5.54 Å². The van der Waals surface area contributed by atoms with Crippen LogP contribution in [-0.2, 0) is 11.3 Å². The zero-order valence-corrected chi connectivity index (χ0v) is 18.3. The average molecular weight is 451 g/mol. The minimum absolute atomic E-state index is 0.0913. The van der Waals surface area contributed by atoms with Crippen LogP contribution in [0, 0.1) is 5.82 Å². The number of amides is 1. The number of aromatic nitrogens is 4. The molecule has 3 aromatic rings. The van der Waals surface area contributed by atoms with Crippen LogP contribution in [0.2, 0.25) is 0 Å². The average Bonchev–Trinajstić information content (AvgIpc) is 3.71. The lowest BCUT2D eigenvalue weighted by Crippen LogP contribution is -2.56. The van der Waals surface area contributed by atoms with Crippen molar-refractivity contribution in [1.82, 2.24) is 24.8 Å². The van der Waals surface area contributed by atoms with Gasteiger partial charge < -0.3 is 26.3 Å². The van der Waals surface area contributed by atoms with E-state index in [1.165, 1.54) is 6.33 Å². The number of carbonyl (C=O) groups is 1. The van der Waals surface area contributed by atoms with E-state index in [-0.39, 0.29) is 23.7 Å². The van der Waals surface area contributed by atoms with Gasteiger partial charge in [-0.15, -0.1) is 0 Å².